The lowest BCUT2D eigenvalue weighted by molar-refractivity contribution is -0.137. The average molecular weight is 373 g/mol. The number of pyridine rings is 1. The van der Waals surface area contributed by atoms with Gasteiger partial charge in [-0.25, -0.2) is 4.98 Å². The van der Waals surface area contributed by atoms with Gasteiger partial charge in [0, 0.05) is 19.3 Å². The van der Waals surface area contributed by atoms with Gasteiger partial charge in [0.05, 0.1) is 11.4 Å². The summed E-state index contributed by atoms with van der Waals surface area (Å²) >= 11 is 5.82. The molecule has 1 atom stereocenters. The molecule has 2 heterocycles. The first kappa shape index (κ1) is 18.4. The molecule has 0 saturated carbocycles. The Morgan fingerprint density at radius 1 is 1.15 bits per heavy atom. The molecule has 1 fully saturated rings. The van der Waals surface area contributed by atoms with Crippen molar-refractivity contribution in [3.05, 3.63) is 64.9 Å². The van der Waals surface area contributed by atoms with Crippen LogP contribution in [-0.4, -0.2) is 40.0 Å². The van der Waals surface area contributed by atoms with Crippen molar-refractivity contribution >= 4 is 23.5 Å². The number of likely N-dealkylation sites (tertiary alicyclic amines) is 1. The normalized spacial score (nSPS) is 16.3. The van der Waals surface area contributed by atoms with E-state index in [1.54, 1.807) is 17.0 Å². The topological polar surface area (TPSA) is 70.5 Å². The van der Waals surface area contributed by atoms with Gasteiger partial charge in [0.15, 0.2) is 0 Å². The average Bonchev–Trinajstić information content (AvgIpc) is 2.67. The van der Waals surface area contributed by atoms with Gasteiger partial charge in [-0.05, 0) is 42.4 Å². The fourth-order valence-corrected chi connectivity index (χ4v) is 3.73. The van der Waals surface area contributed by atoms with Gasteiger partial charge < -0.3 is 10.0 Å². The highest BCUT2D eigenvalue weighted by Crippen LogP contribution is 2.35. The first-order valence-corrected chi connectivity index (χ1v) is 9.10. The van der Waals surface area contributed by atoms with Gasteiger partial charge >= 0.3 is 5.97 Å². The third kappa shape index (κ3) is 4.41. The van der Waals surface area contributed by atoms with Gasteiger partial charge in [0.1, 0.15) is 5.69 Å². The quantitative estimate of drug-likeness (QED) is 0.865. The molecule has 3 rings (SSSR count). The number of hydrogen-bond donors (Lipinski definition) is 1. The predicted molar refractivity (Wildman–Crippen MR) is 99.3 cm³/mol. The van der Waals surface area contributed by atoms with Crippen LogP contribution in [0.3, 0.4) is 0 Å². The number of halogens is 1. The van der Waals surface area contributed by atoms with Crippen molar-refractivity contribution in [2.45, 2.75) is 25.2 Å². The molecule has 0 bridgehead atoms. The van der Waals surface area contributed by atoms with Crippen molar-refractivity contribution in [2.75, 3.05) is 13.1 Å². The number of aliphatic carboxylic acids is 1. The lowest BCUT2D eigenvalue weighted by atomic mass is 9.78. The number of benzene rings is 1. The minimum Gasteiger partial charge on any atom is -0.481 e. The van der Waals surface area contributed by atoms with Gasteiger partial charge in [-0.1, -0.05) is 41.9 Å². The van der Waals surface area contributed by atoms with E-state index in [1.165, 1.54) is 6.20 Å². The fraction of sp³-hybridized carbons (Fsp3) is 0.350. The van der Waals surface area contributed by atoms with Crippen molar-refractivity contribution in [3.63, 3.8) is 0 Å². The van der Waals surface area contributed by atoms with Crippen LogP contribution in [0, 0.1) is 5.92 Å². The number of amides is 1. The van der Waals surface area contributed by atoms with Crippen LogP contribution < -0.4 is 0 Å². The Kier molecular flexibility index (Phi) is 5.89. The smallest absolute Gasteiger partial charge is 0.303 e. The molecule has 1 N–H and O–H groups in total. The Morgan fingerprint density at radius 2 is 1.85 bits per heavy atom. The first-order valence-electron chi connectivity index (χ1n) is 8.72. The molecular formula is C20H21ClN2O3. The Bertz CT molecular complexity index is 756. The number of rotatable bonds is 5. The second-order valence-electron chi connectivity index (χ2n) is 6.61. The molecule has 0 aliphatic carbocycles. The molecule has 26 heavy (non-hydrogen) atoms. The Balaban J connectivity index is 1.66. The highest BCUT2D eigenvalue weighted by molar-refractivity contribution is 6.30. The van der Waals surface area contributed by atoms with Crippen molar-refractivity contribution < 1.29 is 14.7 Å². The summed E-state index contributed by atoms with van der Waals surface area (Å²) in [7, 11) is 0. The standard InChI is InChI=1S/C20H21ClN2O3/c21-16-6-7-18(22-13-16)20(26)23-10-8-15(9-11-23)17(12-19(24)25)14-4-2-1-3-5-14/h1-7,13,15,17H,8-12H2,(H,24,25). The highest BCUT2D eigenvalue weighted by atomic mass is 35.5. The van der Waals surface area contributed by atoms with E-state index in [1.807, 2.05) is 30.3 Å². The van der Waals surface area contributed by atoms with E-state index in [2.05, 4.69) is 4.98 Å². The van der Waals surface area contributed by atoms with Crippen molar-refractivity contribution in [2.24, 2.45) is 5.92 Å². The number of hydrogen-bond acceptors (Lipinski definition) is 3. The third-order valence-electron chi connectivity index (χ3n) is 4.96. The summed E-state index contributed by atoms with van der Waals surface area (Å²) in [4.78, 5) is 29.8. The van der Waals surface area contributed by atoms with Crippen LogP contribution in [0.25, 0.3) is 0 Å². The first-order chi connectivity index (χ1) is 12.5. The maximum Gasteiger partial charge on any atom is 0.303 e. The summed E-state index contributed by atoms with van der Waals surface area (Å²) in [6.07, 6.45) is 3.15. The van der Waals surface area contributed by atoms with E-state index in [0.717, 1.165) is 18.4 Å². The lowest BCUT2D eigenvalue weighted by Crippen LogP contribution is -2.40. The molecule has 1 aromatic carbocycles. The van der Waals surface area contributed by atoms with Crippen molar-refractivity contribution in [1.29, 1.82) is 0 Å². The number of nitrogens with zero attached hydrogens (tertiary/aromatic N) is 2. The number of carboxylic acid groups (broad SMARTS) is 1. The molecule has 1 unspecified atom stereocenters. The van der Waals surface area contributed by atoms with Gasteiger partial charge in [-0.3, -0.25) is 9.59 Å². The van der Waals surface area contributed by atoms with E-state index < -0.39 is 5.97 Å². The van der Waals surface area contributed by atoms with Crippen LogP contribution in [-0.2, 0) is 4.79 Å². The Morgan fingerprint density at radius 3 is 2.42 bits per heavy atom. The van der Waals surface area contributed by atoms with E-state index in [4.69, 9.17) is 11.6 Å². The molecule has 0 spiro atoms. The molecule has 136 valence electrons. The van der Waals surface area contributed by atoms with E-state index in [9.17, 15) is 14.7 Å². The molecule has 1 aromatic heterocycles. The second kappa shape index (κ2) is 8.32. The van der Waals surface area contributed by atoms with Crippen LogP contribution in [0.1, 0.15) is 41.2 Å². The zero-order chi connectivity index (χ0) is 18.5. The summed E-state index contributed by atoms with van der Waals surface area (Å²) < 4.78 is 0. The minimum absolute atomic E-state index is 0.0281. The largest absolute Gasteiger partial charge is 0.481 e. The van der Waals surface area contributed by atoms with E-state index >= 15 is 0 Å². The van der Waals surface area contributed by atoms with Crippen molar-refractivity contribution in [3.8, 4) is 0 Å². The van der Waals surface area contributed by atoms with Gasteiger partial charge in [0.25, 0.3) is 5.91 Å². The number of aromatic nitrogens is 1. The summed E-state index contributed by atoms with van der Waals surface area (Å²) in [6, 6.07) is 13.1. The summed E-state index contributed by atoms with van der Waals surface area (Å²) in [5.74, 6) is -0.673. The maximum atomic E-state index is 12.6. The maximum absolute atomic E-state index is 12.6. The minimum atomic E-state index is -0.789. The van der Waals surface area contributed by atoms with Crippen molar-refractivity contribution in [1.82, 2.24) is 9.88 Å². The SMILES string of the molecule is O=C(O)CC(c1ccccc1)C1CCN(C(=O)c2ccc(Cl)cn2)CC1. The monoisotopic (exact) mass is 372 g/mol. The Labute approximate surface area is 157 Å². The zero-order valence-electron chi connectivity index (χ0n) is 14.3. The van der Waals surface area contributed by atoms with Crippen LogP contribution >= 0.6 is 11.6 Å². The van der Waals surface area contributed by atoms with Gasteiger partial charge in [-0.15, -0.1) is 0 Å². The lowest BCUT2D eigenvalue weighted by Gasteiger charge is -2.35. The molecule has 5 nitrogen and oxygen atoms in total. The van der Waals surface area contributed by atoms with E-state index in [-0.39, 0.29) is 24.2 Å². The molecule has 1 aliphatic heterocycles. The highest BCUT2D eigenvalue weighted by Gasteiger charge is 2.31. The number of carbonyl (C=O) groups is 2. The van der Waals surface area contributed by atoms with Crippen LogP contribution in [0.4, 0.5) is 0 Å². The Hall–Kier alpha value is -2.40. The molecule has 1 aliphatic rings. The fourth-order valence-electron chi connectivity index (χ4n) is 3.61. The third-order valence-corrected chi connectivity index (χ3v) is 5.19. The summed E-state index contributed by atoms with van der Waals surface area (Å²) in [5, 5.41) is 9.80. The van der Waals surface area contributed by atoms with Gasteiger partial charge in [0.2, 0.25) is 0 Å². The van der Waals surface area contributed by atoms with Crippen LogP contribution in [0.2, 0.25) is 5.02 Å². The molecule has 2 aromatic rings. The van der Waals surface area contributed by atoms with Crippen LogP contribution in [0.15, 0.2) is 48.7 Å². The number of piperidine rings is 1. The molecule has 0 radical (unpaired) electrons. The summed E-state index contributed by atoms with van der Waals surface area (Å²) in [6.45, 7) is 1.22. The molecule has 1 amide bonds. The number of carboxylic acids is 1. The second-order valence-corrected chi connectivity index (χ2v) is 7.04. The summed E-state index contributed by atoms with van der Waals surface area (Å²) in [5.41, 5.74) is 1.44. The van der Waals surface area contributed by atoms with Gasteiger partial charge in [-0.2, -0.15) is 0 Å². The molecular weight excluding hydrogens is 352 g/mol. The van der Waals surface area contributed by atoms with E-state index in [0.29, 0.717) is 23.8 Å². The molecule has 1 saturated heterocycles. The zero-order valence-corrected chi connectivity index (χ0v) is 15.1. The number of carbonyl (C=O) groups excluding carboxylic acids is 1. The molecule has 6 heteroatoms. The van der Waals surface area contributed by atoms with Crippen LogP contribution in [0.5, 0.6) is 0 Å². The predicted octanol–water partition coefficient (Wildman–Crippen LogP) is 3.85.